The standard InChI is InChI=1S/C20H24N6O/c1-25-10-12-26(13-11-25)19(27)18-7-9-22-20(24-18)21-8-6-15-14-23-17-5-3-2-4-16(15)17/h2-5,7,9,14,23H,6,8,10-13H2,1H3,(H,21,22,24). The molecule has 1 aromatic carbocycles. The van der Waals surface area contributed by atoms with Gasteiger partial charge in [0.15, 0.2) is 0 Å². The summed E-state index contributed by atoms with van der Waals surface area (Å²) in [5.74, 6) is 0.472. The van der Waals surface area contributed by atoms with E-state index in [4.69, 9.17) is 0 Å². The quantitative estimate of drug-likeness (QED) is 0.724. The number of fused-ring (bicyclic) bond motifs is 1. The number of anilines is 1. The Morgan fingerprint density at radius 1 is 1.19 bits per heavy atom. The van der Waals surface area contributed by atoms with Gasteiger partial charge in [-0.2, -0.15) is 0 Å². The summed E-state index contributed by atoms with van der Waals surface area (Å²) in [6, 6.07) is 9.95. The number of carbonyl (C=O) groups excluding carboxylic acids is 1. The Balaban J connectivity index is 1.37. The van der Waals surface area contributed by atoms with Gasteiger partial charge in [0, 0.05) is 56.0 Å². The highest BCUT2D eigenvalue weighted by Gasteiger charge is 2.21. The molecule has 4 rings (SSSR count). The second-order valence-corrected chi connectivity index (χ2v) is 6.90. The van der Waals surface area contributed by atoms with Crippen molar-refractivity contribution >= 4 is 22.8 Å². The van der Waals surface area contributed by atoms with Gasteiger partial charge in [0.1, 0.15) is 5.69 Å². The fraction of sp³-hybridized carbons (Fsp3) is 0.350. The average Bonchev–Trinajstić information content (AvgIpc) is 3.12. The Morgan fingerprint density at radius 3 is 2.85 bits per heavy atom. The molecule has 3 heterocycles. The summed E-state index contributed by atoms with van der Waals surface area (Å²) in [4.78, 5) is 28.7. The second-order valence-electron chi connectivity index (χ2n) is 6.90. The lowest BCUT2D eigenvalue weighted by Gasteiger charge is -2.32. The van der Waals surface area contributed by atoms with Crippen LogP contribution in [0, 0.1) is 0 Å². The van der Waals surface area contributed by atoms with Crippen LogP contribution >= 0.6 is 0 Å². The van der Waals surface area contributed by atoms with E-state index in [-0.39, 0.29) is 5.91 Å². The molecule has 1 saturated heterocycles. The number of likely N-dealkylation sites (N-methyl/N-ethyl adjacent to an activating group) is 1. The number of hydrogen-bond donors (Lipinski definition) is 2. The minimum atomic E-state index is -0.0230. The van der Waals surface area contributed by atoms with Crippen molar-refractivity contribution in [3.8, 4) is 0 Å². The first kappa shape index (κ1) is 17.5. The van der Waals surface area contributed by atoms with Gasteiger partial charge in [-0.1, -0.05) is 18.2 Å². The monoisotopic (exact) mass is 364 g/mol. The number of hydrogen-bond acceptors (Lipinski definition) is 5. The van der Waals surface area contributed by atoms with Crippen LogP contribution in [0.15, 0.2) is 42.7 Å². The van der Waals surface area contributed by atoms with Crippen molar-refractivity contribution < 1.29 is 4.79 Å². The van der Waals surface area contributed by atoms with Crippen LogP contribution < -0.4 is 5.32 Å². The van der Waals surface area contributed by atoms with Gasteiger partial charge in [0.25, 0.3) is 5.91 Å². The molecule has 1 amide bonds. The maximum absolute atomic E-state index is 12.7. The molecule has 1 fully saturated rings. The summed E-state index contributed by atoms with van der Waals surface area (Å²) in [7, 11) is 2.07. The van der Waals surface area contributed by atoms with Crippen molar-refractivity contribution in [2.45, 2.75) is 6.42 Å². The van der Waals surface area contributed by atoms with Crippen molar-refractivity contribution in [2.75, 3.05) is 45.1 Å². The Hall–Kier alpha value is -2.93. The molecule has 0 saturated carbocycles. The van der Waals surface area contributed by atoms with Crippen LogP contribution in [0.2, 0.25) is 0 Å². The largest absolute Gasteiger partial charge is 0.361 e. The van der Waals surface area contributed by atoms with E-state index in [1.54, 1.807) is 12.3 Å². The van der Waals surface area contributed by atoms with E-state index in [1.165, 1.54) is 10.9 Å². The average molecular weight is 364 g/mol. The van der Waals surface area contributed by atoms with E-state index >= 15 is 0 Å². The Kier molecular flexibility index (Phi) is 5.02. The molecule has 0 spiro atoms. The first-order valence-corrected chi connectivity index (χ1v) is 9.30. The molecule has 140 valence electrons. The molecule has 2 N–H and O–H groups in total. The maximum atomic E-state index is 12.7. The summed E-state index contributed by atoms with van der Waals surface area (Å²) >= 11 is 0. The van der Waals surface area contributed by atoms with Crippen molar-refractivity contribution in [1.82, 2.24) is 24.8 Å². The zero-order chi connectivity index (χ0) is 18.6. The molecule has 0 unspecified atom stereocenters. The van der Waals surface area contributed by atoms with Crippen molar-refractivity contribution in [1.29, 1.82) is 0 Å². The minimum absolute atomic E-state index is 0.0230. The first-order valence-electron chi connectivity index (χ1n) is 9.30. The first-order chi connectivity index (χ1) is 13.2. The fourth-order valence-electron chi connectivity index (χ4n) is 3.38. The Labute approximate surface area is 158 Å². The summed E-state index contributed by atoms with van der Waals surface area (Å²) in [6.07, 6.45) is 4.54. The van der Waals surface area contributed by atoms with Crippen molar-refractivity contribution in [2.24, 2.45) is 0 Å². The van der Waals surface area contributed by atoms with Gasteiger partial charge >= 0.3 is 0 Å². The lowest BCUT2D eigenvalue weighted by molar-refractivity contribution is 0.0658. The molecule has 0 bridgehead atoms. The maximum Gasteiger partial charge on any atom is 0.272 e. The number of benzene rings is 1. The smallest absolute Gasteiger partial charge is 0.272 e. The number of carbonyl (C=O) groups is 1. The van der Waals surface area contributed by atoms with Crippen molar-refractivity contribution in [3.63, 3.8) is 0 Å². The molecule has 1 aliphatic heterocycles. The molecule has 0 atom stereocenters. The molecule has 7 nitrogen and oxygen atoms in total. The van der Waals surface area contributed by atoms with Gasteiger partial charge < -0.3 is 20.1 Å². The predicted octanol–water partition coefficient (Wildman–Crippen LogP) is 2.00. The van der Waals surface area contributed by atoms with Crippen LogP contribution in [-0.4, -0.2) is 70.4 Å². The number of aromatic nitrogens is 3. The third-order valence-corrected chi connectivity index (χ3v) is 5.02. The van der Waals surface area contributed by atoms with Gasteiger partial charge in [0.05, 0.1) is 0 Å². The molecule has 27 heavy (non-hydrogen) atoms. The molecule has 1 aliphatic rings. The molecule has 7 heteroatoms. The number of amides is 1. The zero-order valence-electron chi connectivity index (χ0n) is 15.5. The van der Waals surface area contributed by atoms with Gasteiger partial charge in [-0.15, -0.1) is 0 Å². The Bertz CT molecular complexity index is 929. The van der Waals surface area contributed by atoms with E-state index in [0.717, 1.165) is 38.1 Å². The fourth-order valence-corrected chi connectivity index (χ4v) is 3.38. The second kappa shape index (κ2) is 7.75. The molecular weight excluding hydrogens is 340 g/mol. The summed E-state index contributed by atoms with van der Waals surface area (Å²) in [6.45, 7) is 3.97. The van der Waals surface area contributed by atoms with Crippen LogP contribution in [0.1, 0.15) is 16.1 Å². The molecule has 0 radical (unpaired) electrons. The van der Waals surface area contributed by atoms with E-state index in [0.29, 0.717) is 18.2 Å². The lowest BCUT2D eigenvalue weighted by atomic mass is 10.1. The SMILES string of the molecule is CN1CCN(C(=O)c2ccnc(NCCc3c[nH]c4ccccc34)n2)CC1. The third kappa shape index (κ3) is 3.93. The van der Waals surface area contributed by atoms with E-state index in [1.807, 2.05) is 23.2 Å². The van der Waals surface area contributed by atoms with E-state index in [9.17, 15) is 4.79 Å². The minimum Gasteiger partial charge on any atom is -0.361 e. The number of piperazine rings is 1. The summed E-state index contributed by atoms with van der Waals surface area (Å²) < 4.78 is 0. The van der Waals surface area contributed by atoms with Crippen LogP contribution in [0.25, 0.3) is 10.9 Å². The number of aromatic amines is 1. The van der Waals surface area contributed by atoms with Crippen molar-refractivity contribution in [3.05, 3.63) is 54.0 Å². The topological polar surface area (TPSA) is 77.1 Å². The van der Waals surface area contributed by atoms with Crippen LogP contribution in [0.5, 0.6) is 0 Å². The lowest BCUT2D eigenvalue weighted by Crippen LogP contribution is -2.47. The predicted molar refractivity (Wildman–Crippen MR) is 106 cm³/mol. The number of para-hydroxylation sites is 1. The summed E-state index contributed by atoms with van der Waals surface area (Å²) in [5, 5.41) is 4.47. The molecule has 0 aliphatic carbocycles. The van der Waals surface area contributed by atoms with Gasteiger partial charge in [-0.3, -0.25) is 4.79 Å². The van der Waals surface area contributed by atoms with Crippen LogP contribution in [0.3, 0.4) is 0 Å². The van der Waals surface area contributed by atoms with Gasteiger partial charge in [-0.05, 0) is 31.2 Å². The highest BCUT2D eigenvalue weighted by atomic mass is 16.2. The number of nitrogens with zero attached hydrogens (tertiary/aromatic N) is 4. The van der Waals surface area contributed by atoms with Gasteiger partial charge in [0.2, 0.25) is 5.95 Å². The van der Waals surface area contributed by atoms with Crippen LogP contribution in [-0.2, 0) is 6.42 Å². The van der Waals surface area contributed by atoms with Gasteiger partial charge in [-0.25, -0.2) is 9.97 Å². The third-order valence-electron chi connectivity index (χ3n) is 5.02. The number of rotatable bonds is 5. The van der Waals surface area contributed by atoms with E-state index < -0.39 is 0 Å². The summed E-state index contributed by atoms with van der Waals surface area (Å²) in [5.41, 5.74) is 2.84. The Morgan fingerprint density at radius 2 is 2.00 bits per heavy atom. The highest BCUT2D eigenvalue weighted by Crippen LogP contribution is 2.18. The normalized spacial score (nSPS) is 15.2. The molecule has 2 aromatic heterocycles. The highest BCUT2D eigenvalue weighted by molar-refractivity contribution is 5.92. The zero-order valence-corrected chi connectivity index (χ0v) is 15.5. The van der Waals surface area contributed by atoms with E-state index in [2.05, 4.69) is 44.3 Å². The molecule has 3 aromatic rings. The number of H-pyrrole nitrogens is 1. The number of nitrogens with one attached hydrogen (secondary N) is 2. The molecular formula is C20H24N6O. The van der Waals surface area contributed by atoms with Crippen LogP contribution in [0.4, 0.5) is 5.95 Å².